The molecular formula is C35H38N2O2. The van der Waals surface area contributed by atoms with Crippen LogP contribution in [0.4, 0.5) is 0 Å². The quantitative estimate of drug-likeness (QED) is 0.315. The van der Waals surface area contributed by atoms with E-state index in [2.05, 4.69) is 92.8 Å². The first kappa shape index (κ1) is 26.9. The van der Waals surface area contributed by atoms with E-state index in [1.165, 1.54) is 27.8 Å². The highest BCUT2D eigenvalue weighted by molar-refractivity contribution is 5.97. The van der Waals surface area contributed by atoms with Gasteiger partial charge in [0.2, 0.25) is 0 Å². The number of aliphatic hydroxyl groups is 1. The average molecular weight is 519 g/mol. The van der Waals surface area contributed by atoms with Gasteiger partial charge in [-0.1, -0.05) is 117 Å². The van der Waals surface area contributed by atoms with Gasteiger partial charge in [0.15, 0.2) is 0 Å². The lowest BCUT2D eigenvalue weighted by Gasteiger charge is -2.34. The Morgan fingerprint density at radius 1 is 1.03 bits per heavy atom. The number of hydrogen-bond donors (Lipinski definition) is 3. The zero-order valence-electron chi connectivity index (χ0n) is 22.8. The summed E-state index contributed by atoms with van der Waals surface area (Å²) in [6.07, 6.45) is 19.6. The van der Waals surface area contributed by atoms with Crippen molar-refractivity contribution in [2.75, 3.05) is 6.61 Å². The van der Waals surface area contributed by atoms with Crippen LogP contribution in [-0.4, -0.2) is 29.8 Å². The smallest absolute Gasteiger partial charge is 0.122 e. The summed E-state index contributed by atoms with van der Waals surface area (Å²) in [5, 5.41) is 17.4. The molecule has 4 nitrogen and oxygen atoms in total. The molecule has 0 radical (unpaired) electrons. The van der Waals surface area contributed by atoms with Crippen molar-refractivity contribution in [3.05, 3.63) is 137 Å². The van der Waals surface area contributed by atoms with Crippen LogP contribution in [0.5, 0.6) is 0 Å². The van der Waals surface area contributed by atoms with Crippen LogP contribution in [0.15, 0.2) is 120 Å². The molecule has 6 rings (SSSR count). The fourth-order valence-electron chi connectivity index (χ4n) is 6.02. The molecule has 0 spiro atoms. The van der Waals surface area contributed by atoms with Gasteiger partial charge in [0, 0.05) is 16.9 Å². The molecule has 0 bridgehead atoms. The molecule has 2 aromatic carbocycles. The molecule has 0 saturated carbocycles. The molecule has 39 heavy (non-hydrogen) atoms. The monoisotopic (exact) mass is 518 g/mol. The van der Waals surface area contributed by atoms with Crippen molar-refractivity contribution in [3.8, 4) is 0 Å². The van der Waals surface area contributed by atoms with Gasteiger partial charge in [0.05, 0.1) is 12.7 Å². The number of fused-ring (bicyclic) bond motifs is 3. The second-order valence-corrected chi connectivity index (χ2v) is 11.0. The van der Waals surface area contributed by atoms with Crippen LogP contribution in [0, 0.1) is 11.3 Å². The number of nitrogens with one attached hydrogen (secondary N) is 1. The van der Waals surface area contributed by atoms with E-state index in [4.69, 9.17) is 15.9 Å². The maximum Gasteiger partial charge on any atom is 0.122 e. The van der Waals surface area contributed by atoms with Crippen molar-refractivity contribution in [1.82, 2.24) is 0 Å². The molecule has 3 atom stereocenters. The second-order valence-electron chi connectivity index (χ2n) is 11.0. The maximum atomic E-state index is 10.4. The van der Waals surface area contributed by atoms with Crippen LogP contribution >= 0.6 is 0 Å². The van der Waals surface area contributed by atoms with Gasteiger partial charge in [0.1, 0.15) is 11.9 Å². The normalized spacial score (nSPS) is 25.1. The van der Waals surface area contributed by atoms with Crippen LogP contribution in [0.1, 0.15) is 43.4 Å². The molecule has 0 amide bonds. The van der Waals surface area contributed by atoms with Crippen LogP contribution in [0.2, 0.25) is 0 Å². The molecule has 0 saturated heterocycles. The average Bonchev–Trinajstić information content (AvgIpc) is 3.17. The Kier molecular flexibility index (Phi) is 7.97. The standard InChI is InChI=1S/C28H28O2.C7H10N2/c1-28(2)23-14-7-6-13-22(23)26-24(28)16-15-20-11-8-12-21(27(20)30-25(26)18-29)17-19-9-4-3-5-10-19;8-7(9)6-4-2-1-3-5-6/h3-16,20,25,27,29H,17-18H2,1-2H3;2,4-5H,1,3H2,(H3,8,9)/b16-15-;. The second kappa shape index (κ2) is 11.6. The van der Waals surface area contributed by atoms with E-state index in [-0.39, 0.29) is 36.0 Å². The minimum Gasteiger partial charge on any atom is -0.393 e. The zero-order chi connectivity index (χ0) is 27.4. The lowest BCUT2D eigenvalue weighted by molar-refractivity contribution is -0.00432. The SMILES string of the molecule is CC1(C)C2=C(c3ccccc31)C(CO)OC1C(Cc3ccccc3)=CC=CC1/C=C\2.N=C(N)C1=CCCC=C1. The first-order valence-electron chi connectivity index (χ1n) is 13.8. The highest BCUT2D eigenvalue weighted by Crippen LogP contribution is 2.50. The Balaban J connectivity index is 0.000000292. The third-order valence-electron chi connectivity index (χ3n) is 8.05. The molecule has 1 heterocycles. The topological polar surface area (TPSA) is 79.3 Å². The van der Waals surface area contributed by atoms with Crippen LogP contribution in [-0.2, 0) is 16.6 Å². The highest BCUT2D eigenvalue weighted by Gasteiger charge is 2.41. The van der Waals surface area contributed by atoms with Gasteiger partial charge in [-0.3, -0.25) is 5.41 Å². The van der Waals surface area contributed by atoms with Crippen molar-refractivity contribution in [1.29, 1.82) is 5.41 Å². The summed E-state index contributed by atoms with van der Waals surface area (Å²) in [5.74, 6) is 0.335. The molecule has 200 valence electrons. The van der Waals surface area contributed by atoms with E-state index in [1.807, 2.05) is 24.3 Å². The number of rotatable bonds is 4. The number of ether oxygens (including phenoxy) is 1. The fraction of sp³-hybridized carbons (Fsp3) is 0.286. The number of aliphatic hydroxyl groups excluding tert-OH is 1. The molecule has 4 heteroatoms. The van der Waals surface area contributed by atoms with Crippen molar-refractivity contribution in [3.63, 3.8) is 0 Å². The number of hydrogen-bond acceptors (Lipinski definition) is 3. The predicted molar refractivity (Wildman–Crippen MR) is 161 cm³/mol. The third-order valence-corrected chi connectivity index (χ3v) is 8.05. The zero-order valence-corrected chi connectivity index (χ0v) is 22.8. The summed E-state index contributed by atoms with van der Waals surface area (Å²) in [6, 6.07) is 19.1. The molecule has 2 aromatic rings. The first-order chi connectivity index (χ1) is 18.9. The van der Waals surface area contributed by atoms with E-state index in [1.54, 1.807) is 0 Å². The molecule has 3 unspecified atom stereocenters. The Bertz CT molecular complexity index is 1410. The van der Waals surface area contributed by atoms with E-state index < -0.39 is 0 Å². The fourth-order valence-corrected chi connectivity index (χ4v) is 6.02. The highest BCUT2D eigenvalue weighted by atomic mass is 16.5. The van der Waals surface area contributed by atoms with Gasteiger partial charge in [-0.15, -0.1) is 0 Å². The largest absolute Gasteiger partial charge is 0.393 e. The van der Waals surface area contributed by atoms with Gasteiger partial charge < -0.3 is 15.6 Å². The Hall–Kier alpha value is -3.73. The minimum absolute atomic E-state index is 0.0252. The predicted octanol–water partition coefficient (Wildman–Crippen LogP) is 6.60. The van der Waals surface area contributed by atoms with Gasteiger partial charge >= 0.3 is 0 Å². The maximum absolute atomic E-state index is 10.4. The van der Waals surface area contributed by atoms with E-state index in [9.17, 15) is 5.11 Å². The van der Waals surface area contributed by atoms with Gasteiger partial charge in [-0.05, 0) is 52.7 Å². The van der Waals surface area contributed by atoms with Gasteiger partial charge in [0.25, 0.3) is 0 Å². The number of amidine groups is 1. The van der Waals surface area contributed by atoms with E-state index in [0.717, 1.165) is 30.4 Å². The summed E-state index contributed by atoms with van der Waals surface area (Å²) < 4.78 is 6.71. The lowest BCUT2D eigenvalue weighted by Crippen LogP contribution is -2.35. The minimum atomic E-state index is -0.342. The van der Waals surface area contributed by atoms with Crippen molar-refractivity contribution in [2.24, 2.45) is 11.7 Å². The molecule has 4 N–H and O–H groups in total. The molecule has 4 aliphatic rings. The summed E-state index contributed by atoms with van der Waals surface area (Å²) in [5.41, 5.74) is 13.4. The Morgan fingerprint density at radius 3 is 2.49 bits per heavy atom. The summed E-state index contributed by atoms with van der Waals surface area (Å²) in [4.78, 5) is 0. The van der Waals surface area contributed by atoms with Gasteiger partial charge in [-0.25, -0.2) is 0 Å². The van der Waals surface area contributed by atoms with Crippen LogP contribution < -0.4 is 5.73 Å². The van der Waals surface area contributed by atoms with E-state index in [0.29, 0.717) is 0 Å². The third kappa shape index (κ3) is 5.54. The molecule has 3 aliphatic carbocycles. The summed E-state index contributed by atoms with van der Waals surface area (Å²) >= 11 is 0. The van der Waals surface area contributed by atoms with Crippen molar-refractivity contribution >= 4 is 11.4 Å². The van der Waals surface area contributed by atoms with Crippen LogP contribution in [0.25, 0.3) is 5.57 Å². The summed E-state index contributed by atoms with van der Waals surface area (Å²) in [7, 11) is 0. The first-order valence-corrected chi connectivity index (χ1v) is 13.8. The number of nitrogens with two attached hydrogens (primary N) is 1. The molecule has 0 fully saturated rings. The van der Waals surface area contributed by atoms with E-state index >= 15 is 0 Å². The number of benzene rings is 2. The van der Waals surface area contributed by atoms with Crippen molar-refractivity contribution in [2.45, 2.75) is 50.7 Å². The van der Waals surface area contributed by atoms with Crippen molar-refractivity contribution < 1.29 is 9.84 Å². The lowest BCUT2D eigenvalue weighted by atomic mass is 9.79. The molecule has 0 aromatic heterocycles. The molecular weight excluding hydrogens is 480 g/mol. The Labute approximate surface area is 232 Å². The Morgan fingerprint density at radius 2 is 1.79 bits per heavy atom. The number of allylic oxidation sites excluding steroid dienone is 6. The van der Waals surface area contributed by atoms with Gasteiger partial charge in [-0.2, -0.15) is 0 Å². The molecule has 1 aliphatic heterocycles. The summed E-state index contributed by atoms with van der Waals surface area (Å²) in [6.45, 7) is 4.51. The van der Waals surface area contributed by atoms with Crippen LogP contribution in [0.3, 0.4) is 0 Å².